The molecule has 0 atom stereocenters. The van der Waals surface area contributed by atoms with E-state index in [1.54, 1.807) is 0 Å². The highest BCUT2D eigenvalue weighted by atomic mass is 15.1. The van der Waals surface area contributed by atoms with E-state index in [0.717, 1.165) is 55.5 Å². The second-order valence-corrected chi connectivity index (χ2v) is 10.9. The topological polar surface area (TPSA) is 43.6 Å². The van der Waals surface area contributed by atoms with Gasteiger partial charge in [-0.15, -0.1) is 0 Å². The van der Waals surface area contributed by atoms with E-state index in [4.69, 9.17) is 15.0 Å². The molecule has 43 heavy (non-hydrogen) atoms. The molecule has 200 valence electrons. The molecule has 9 rings (SSSR count). The van der Waals surface area contributed by atoms with Gasteiger partial charge in [-0.1, -0.05) is 78.9 Å². The molecule has 0 saturated heterocycles. The Balaban J connectivity index is 1.23. The summed E-state index contributed by atoms with van der Waals surface area (Å²) in [5.41, 5.74) is 7.52. The van der Waals surface area contributed by atoms with Gasteiger partial charge in [-0.05, 0) is 70.3 Å². The van der Waals surface area contributed by atoms with E-state index in [2.05, 4.69) is 114 Å². The summed E-state index contributed by atoms with van der Waals surface area (Å²) in [5.74, 6) is 0.908. The van der Waals surface area contributed by atoms with Crippen molar-refractivity contribution in [1.82, 2.24) is 19.5 Å². The van der Waals surface area contributed by atoms with E-state index in [1.165, 1.54) is 26.9 Å². The zero-order valence-corrected chi connectivity index (χ0v) is 23.1. The van der Waals surface area contributed by atoms with Gasteiger partial charge in [-0.2, -0.15) is 0 Å². The summed E-state index contributed by atoms with van der Waals surface area (Å²) in [6.07, 6.45) is 5.70. The molecule has 4 aromatic heterocycles. The van der Waals surface area contributed by atoms with Gasteiger partial charge in [0.25, 0.3) is 0 Å². The number of nitrogens with zero attached hydrogens (tertiary/aromatic N) is 4. The molecule has 0 saturated carbocycles. The van der Waals surface area contributed by atoms with Gasteiger partial charge in [0.15, 0.2) is 0 Å². The van der Waals surface area contributed by atoms with Gasteiger partial charge in [0.2, 0.25) is 0 Å². The van der Waals surface area contributed by atoms with Crippen molar-refractivity contribution in [3.63, 3.8) is 0 Å². The minimum absolute atomic E-state index is 0.908. The fraction of sp³-hybridized carbons (Fsp3) is 0. The minimum atomic E-state index is 0.908. The average molecular weight is 549 g/mol. The van der Waals surface area contributed by atoms with E-state index < -0.39 is 0 Å². The number of fused-ring (bicyclic) bond motifs is 8. The zero-order valence-electron chi connectivity index (χ0n) is 23.1. The molecule has 4 heteroatoms. The highest BCUT2D eigenvalue weighted by Crippen LogP contribution is 2.39. The van der Waals surface area contributed by atoms with Gasteiger partial charge in [-0.3, -0.25) is 14.5 Å². The molecule has 4 nitrogen and oxygen atoms in total. The molecule has 0 bridgehead atoms. The zero-order chi connectivity index (χ0) is 28.3. The second kappa shape index (κ2) is 9.33. The Morgan fingerprint density at radius 3 is 2.09 bits per heavy atom. The highest BCUT2D eigenvalue weighted by molar-refractivity contribution is 6.21. The van der Waals surface area contributed by atoms with Crippen LogP contribution in [0.15, 0.2) is 146 Å². The van der Waals surface area contributed by atoms with Crippen LogP contribution in [-0.4, -0.2) is 19.5 Å². The van der Waals surface area contributed by atoms with Gasteiger partial charge in [0.05, 0.1) is 22.2 Å². The molecule has 0 amide bonds. The number of hydrogen-bond acceptors (Lipinski definition) is 3. The summed E-state index contributed by atoms with van der Waals surface area (Å²) >= 11 is 0. The van der Waals surface area contributed by atoms with Crippen LogP contribution in [0.4, 0.5) is 0 Å². The summed E-state index contributed by atoms with van der Waals surface area (Å²) in [5, 5.41) is 8.34. The lowest BCUT2D eigenvalue weighted by molar-refractivity contribution is 1.08. The third kappa shape index (κ3) is 3.67. The Labute approximate surface area is 247 Å². The molecule has 0 fully saturated rings. The van der Waals surface area contributed by atoms with Crippen molar-refractivity contribution >= 4 is 54.3 Å². The van der Waals surface area contributed by atoms with E-state index >= 15 is 0 Å². The lowest BCUT2D eigenvalue weighted by atomic mass is 9.96. The molecule has 4 heterocycles. The van der Waals surface area contributed by atoms with Crippen molar-refractivity contribution in [2.45, 2.75) is 0 Å². The van der Waals surface area contributed by atoms with Crippen LogP contribution in [0, 0.1) is 0 Å². The SMILES string of the molecule is c1ccc(-n2c3ccc(-c4ccc(-c5cc6ccccc6c6ncccc56)cn4)cc3c3c4ccccc4ccc32)nc1. The maximum atomic E-state index is 4.99. The molecular formula is C39H24N4. The van der Waals surface area contributed by atoms with Gasteiger partial charge in [0.1, 0.15) is 5.82 Å². The largest absolute Gasteiger partial charge is 0.294 e. The molecule has 0 radical (unpaired) electrons. The van der Waals surface area contributed by atoms with Gasteiger partial charge in [-0.25, -0.2) is 4.98 Å². The van der Waals surface area contributed by atoms with E-state index in [-0.39, 0.29) is 0 Å². The molecule has 5 aromatic carbocycles. The normalized spacial score (nSPS) is 11.7. The van der Waals surface area contributed by atoms with Crippen LogP contribution < -0.4 is 0 Å². The predicted molar refractivity (Wildman–Crippen MR) is 178 cm³/mol. The first-order valence-electron chi connectivity index (χ1n) is 14.4. The summed E-state index contributed by atoms with van der Waals surface area (Å²) in [6, 6.07) is 44.8. The quantitative estimate of drug-likeness (QED) is 0.206. The maximum absolute atomic E-state index is 4.99. The van der Waals surface area contributed by atoms with Gasteiger partial charge in [0, 0.05) is 51.3 Å². The van der Waals surface area contributed by atoms with Crippen LogP contribution in [0.2, 0.25) is 0 Å². The molecule has 0 spiro atoms. The van der Waals surface area contributed by atoms with Crippen molar-refractivity contribution in [3.8, 4) is 28.2 Å². The maximum Gasteiger partial charge on any atom is 0.137 e. The number of benzene rings is 5. The molecule has 0 aliphatic carbocycles. The van der Waals surface area contributed by atoms with E-state index in [9.17, 15) is 0 Å². The van der Waals surface area contributed by atoms with Crippen molar-refractivity contribution in [1.29, 1.82) is 0 Å². The Bertz CT molecular complexity index is 2490. The summed E-state index contributed by atoms with van der Waals surface area (Å²) in [4.78, 5) is 14.4. The van der Waals surface area contributed by atoms with Gasteiger partial charge >= 0.3 is 0 Å². The lowest BCUT2D eigenvalue weighted by Crippen LogP contribution is -1.96. The Morgan fingerprint density at radius 1 is 0.465 bits per heavy atom. The van der Waals surface area contributed by atoms with Crippen molar-refractivity contribution < 1.29 is 0 Å². The van der Waals surface area contributed by atoms with Gasteiger partial charge < -0.3 is 0 Å². The molecule has 0 N–H and O–H groups in total. The first kappa shape index (κ1) is 23.8. The third-order valence-corrected chi connectivity index (χ3v) is 8.52. The summed E-state index contributed by atoms with van der Waals surface area (Å²) in [7, 11) is 0. The monoisotopic (exact) mass is 548 g/mol. The molecule has 0 unspecified atom stereocenters. The van der Waals surface area contributed by atoms with Crippen LogP contribution in [-0.2, 0) is 0 Å². The van der Waals surface area contributed by atoms with Crippen LogP contribution >= 0.6 is 0 Å². The van der Waals surface area contributed by atoms with Crippen LogP contribution in [0.5, 0.6) is 0 Å². The number of pyridine rings is 3. The van der Waals surface area contributed by atoms with Crippen LogP contribution in [0.3, 0.4) is 0 Å². The third-order valence-electron chi connectivity index (χ3n) is 8.52. The Morgan fingerprint density at radius 2 is 1.23 bits per heavy atom. The van der Waals surface area contributed by atoms with Crippen molar-refractivity contribution in [2.75, 3.05) is 0 Å². The molecule has 0 aliphatic heterocycles. The van der Waals surface area contributed by atoms with Crippen LogP contribution in [0.1, 0.15) is 0 Å². The summed E-state index contributed by atoms with van der Waals surface area (Å²) in [6.45, 7) is 0. The highest BCUT2D eigenvalue weighted by Gasteiger charge is 2.17. The Kier molecular flexibility index (Phi) is 5.16. The number of aromatic nitrogens is 4. The molecule has 0 aliphatic rings. The Hall–Kier alpha value is -5.87. The fourth-order valence-corrected chi connectivity index (χ4v) is 6.55. The standard InChI is InChI=1S/C39H24N4/c1-3-10-29-25(8-1)15-19-36-38(29)33-23-27(16-18-35(33)43(36)37-13-5-6-20-40-37)34-17-14-28(24-42-34)32-22-26-9-2-4-11-30(26)39-31(32)12-7-21-41-39/h1-24H. The van der Waals surface area contributed by atoms with E-state index in [0.29, 0.717) is 0 Å². The van der Waals surface area contributed by atoms with Crippen LogP contribution in [0.25, 0.3) is 82.5 Å². The smallest absolute Gasteiger partial charge is 0.137 e. The summed E-state index contributed by atoms with van der Waals surface area (Å²) < 4.78 is 2.26. The first-order valence-corrected chi connectivity index (χ1v) is 14.4. The first-order chi connectivity index (χ1) is 21.3. The number of rotatable bonds is 3. The second-order valence-electron chi connectivity index (χ2n) is 10.9. The van der Waals surface area contributed by atoms with Crippen molar-refractivity contribution in [2.24, 2.45) is 0 Å². The molecule has 9 aromatic rings. The molecular weight excluding hydrogens is 524 g/mol. The number of hydrogen-bond donors (Lipinski definition) is 0. The average Bonchev–Trinajstić information content (AvgIpc) is 3.42. The fourth-order valence-electron chi connectivity index (χ4n) is 6.55. The minimum Gasteiger partial charge on any atom is -0.294 e. The van der Waals surface area contributed by atoms with E-state index in [1.807, 2.05) is 36.8 Å². The van der Waals surface area contributed by atoms with Crippen molar-refractivity contribution in [3.05, 3.63) is 146 Å². The predicted octanol–water partition coefficient (Wildman–Crippen LogP) is 9.76. The lowest BCUT2D eigenvalue weighted by Gasteiger charge is -2.11.